The van der Waals surface area contributed by atoms with Gasteiger partial charge in [0.05, 0.1) is 19.3 Å². The number of nitrogens with zero attached hydrogens (tertiary/aromatic N) is 1. The van der Waals surface area contributed by atoms with Crippen LogP contribution >= 0.6 is 0 Å². The first-order valence-corrected chi connectivity index (χ1v) is 11.1. The third-order valence-corrected chi connectivity index (χ3v) is 5.89. The average molecular weight is 443 g/mol. The number of phenols is 1. The minimum atomic E-state index is -0.181. The molecule has 1 atom stereocenters. The summed E-state index contributed by atoms with van der Waals surface area (Å²) in [6.45, 7) is 5.00. The Labute approximate surface area is 190 Å². The van der Waals surface area contributed by atoms with Crippen LogP contribution in [0.4, 0.5) is 0 Å². The molecule has 1 aliphatic heterocycles. The van der Waals surface area contributed by atoms with Gasteiger partial charge in [0.15, 0.2) is 0 Å². The zero-order valence-electron chi connectivity index (χ0n) is 19.2. The lowest BCUT2D eigenvalue weighted by molar-refractivity contribution is 0.0774. The van der Waals surface area contributed by atoms with Crippen LogP contribution < -0.4 is 14.8 Å². The molecule has 1 saturated heterocycles. The number of nitrogens with one attached hydrogen (secondary N) is 1. The minimum absolute atomic E-state index is 0.0461. The molecule has 1 heterocycles. The van der Waals surface area contributed by atoms with Gasteiger partial charge in [0.2, 0.25) is 0 Å². The largest absolute Gasteiger partial charge is 0.508 e. The van der Waals surface area contributed by atoms with Crippen LogP contribution in [0.15, 0.2) is 42.5 Å². The predicted octanol–water partition coefficient (Wildman–Crippen LogP) is 3.25. The number of likely N-dealkylation sites (tertiary alicyclic amines) is 1. The molecule has 3 rings (SSSR count). The van der Waals surface area contributed by atoms with E-state index in [9.17, 15) is 9.90 Å². The lowest BCUT2D eigenvalue weighted by atomic mass is 10.0. The number of amides is 1. The smallest absolute Gasteiger partial charge is 0.255 e. The maximum atomic E-state index is 12.6. The lowest BCUT2D eigenvalue weighted by Crippen LogP contribution is -2.43. The van der Waals surface area contributed by atoms with E-state index in [1.807, 2.05) is 12.1 Å². The first kappa shape index (κ1) is 23.9. The Morgan fingerprint density at radius 1 is 1.16 bits per heavy atom. The molecule has 1 fully saturated rings. The number of benzene rings is 2. The van der Waals surface area contributed by atoms with Gasteiger partial charge in [-0.05, 0) is 56.0 Å². The van der Waals surface area contributed by atoms with Crippen molar-refractivity contribution in [2.24, 2.45) is 0 Å². The number of rotatable bonds is 10. The predicted molar refractivity (Wildman–Crippen MR) is 124 cm³/mol. The van der Waals surface area contributed by atoms with Crippen molar-refractivity contribution in [2.75, 3.05) is 40.5 Å². The zero-order chi connectivity index (χ0) is 22.9. The molecule has 0 radical (unpaired) electrons. The Balaban J connectivity index is 1.57. The Morgan fingerprint density at radius 2 is 1.88 bits per heavy atom. The second-order valence-corrected chi connectivity index (χ2v) is 8.18. The number of hydrogen-bond acceptors (Lipinski definition) is 6. The quantitative estimate of drug-likeness (QED) is 0.550. The number of ether oxygens (including phenoxy) is 3. The molecule has 2 N–H and O–H groups in total. The first-order valence-electron chi connectivity index (χ1n) is 11.1. The van der Waals surface area contributed by atoms with E-state index in [2.05, 4.69) is 17.1 Å². The number of methoxy groups -OCH3 is 2. The summed E-state index contributed by atoms with van der Waals surface area (Å²) < 4.78 is 16.6. The molecular weight excluding hydrogens is 408 g/mol. The Morgan fingerprint density at radius 3 is 2.53 bits per heavy atom. The van der Waals surface area contributed by atoms with Gasteiger partial charge in [0, 0.05) is 38.9 Å². The summed E-state index contributed by atoms with van der Waals surface area (Å²) >= 11 is 0. The highest BCUT2D eigenvalue weighted by atomic mass is 16.5. The minimum Gasteiger partial charge on any atom is -0.508 e. The molecule has 32 heavy (non-hydrogen) atoms. The molecule has 0 aliphatic carbocycles. The summed E-state index contributed by atoms with van der Waals surface area (Å²) in [5.41, 5.74) is 1.72. The first-order chi connectivity index (χ1) is 15.5. The Kier molecular flexibility index (Phi) is 8.76. The number of phenolic OH excluding ortho intramolecular Hbond substituents is 1. The number of carbonyl (C=O) groups is 1. The van der Waals surface area contributed by atoms with Gasteiger partial charge in [0.25, 0.3) is 5.91 Å². The molecule has 1 amide bonds. The second kappa shape index (κ2) is 11.7. The van der Waals surface area contributed by atoms with Crippen molar-refractivity contribution < 1.29 is 24.1 Å². The highest BCUT2D eigenvalue weighted by Gasteiger charge is 2.25. The highest BCUT2D eigenvalue weighted by Crippen LogP contribution is 2.28. The van der Waals surface area contributed by atoms with Crippen molar-refractivity contribution in [3.63, 3.8) is 0 Å². The van der Waals surface area contributed by atoms with E-state index in [1.165, 1.54) is 5.56 Å². The summed E-state index contributed by atoms with van der Waals surface area (Å²) in [5.74, 6) is 1.33. The van der Waals surface area contributed by atoms with Crippen LogP contribution in [0.5, 0.6) is 17.2 Å². The summed E-state index contributed by atoms with van der Waals surface area (Å²) in [7, 11) is 3.21. The van der Waals surface area contributed by atoms with Crippen LogP contribution in [-0.2, 0) is 11.2 Å². The van der Waals surface area contributed by atoms with E-state index in [0.717, 1.165) is 32.4 Å². The standard InChI is InChI=1S/C25H34N2O5/c1-18(16-19-4-6-20(28)7-5-19)27-13-10-21(11-14-27)32-24-17-22(31-3)8-9-23(24)25(29)26-12-15-30-2/h4-9,17-18,21,28H,10-16H2,1-3H3,(H,26,29)/t18-/m1/s1. The van der Waals surface area contributed by atoms with Crippen molar-refractivity contribution in [3.8, 4) is 17.2 Å². The Hall–Kier alpha value is -2.77. The molecule has 2 aromatic carbocycles. The molecular formula is C25H34N2O5. The third kappa shape index (κ3) is 6.61. The fourth-order valence-corrected chi connectivity index (χ4v) is 3.99. The summed E-state index contributed by atoms with van der Waals surface area (Å²) in [6, 6.07) is 13.1. The SMILES string of the molecule is COCCNC(=O)c1ccc(OC)cc1OC1CCN([C@H](C)Cc2ccc(O)cc2)CC1. The van der Waals surface area contributed by atoms with Gasteiger partial charge >= 0.3 is 0 Å². The number of carbonyl (C=O) groups excluding carboxylic acids is 1. The summed E-state index contributed by atoms with van der Waals surface area (Å²) in [4.78, 5) is 15.1. The van der Waals surface area contributed by atoms with Crippen LogP contribution in [0.25, 0.3) is 0 Å². The molecule has 0 aromatic heterocycles. The summed E-state index contributed by atoms with van der Waals surface area (Å²) in [5, 5.41) is 12.3. The molecule has 7 heteroatoms. The maximum Gasteiger partial charge on any atom is 0.255 e. The van der Waals surface area contributed by atoms with Crippen LogP contribution in [0, 0.1) is 0 Å². The molecule has 2 aromatic rings. The van der Waals surface area contributed by atoms with Gasteiger partial charge in [-0.1, -0.05) is 12.1 Å². The lowest BCUT2D eigenvalue weighted by Gasteiger charge is -2.36. The summed E-state index contributed by atoms with van der Waals surface area (Å²) in [6.07, 6.45) is 2.77. The molecule has 0 bridgehead atoms. The molecule has 1 aliphatic rings. The van der Waals surface area contributed by atoms with Crippen molar-refractivity contribution in [2.45, 2.75) is 38.3 Å². The van der Waals surface area contributed by atoms with Gasteiger partial charge in [0.1, 0.15) is 23.4 Å². The van der Waals surface area contributed by atoms with Crippen LogP contribution in [0.3, 0.4) is 0 Å². The van der Waals surface area contributed by atoms with Crippen LogP contribution in [0.2, 0.25) is 0 Å². The van der Waals surface area contributed by atoms with E-state index < -0.39 is 0 Å². The van der Waals surface area contributed by atoms with Gasteiger partial charge in [-0.15, -0.1) is 0 Å². The Bertz CT molecular complexity index is 863. The van der Waals surface area contributed by atoms with Gasteiger partial charge in [-0.2, -0.15) is 0 Å². The molecule has 0 unspecified atom stereocenters. The van der Waals surface area contributed by atoms with E-state index in [4.69, 9.17) is 14.2 Å². The molecule has 174 valence electrons. The molecule has 0 spiro atoms. The zero-order valence-corrected chi connectivity index (χ0v) is 19.2. The topological polar surface area (TPSA) is 80.3 Å². The van der Waals surface area contributed by atoms with E-state index >= 15 is 0 Å². The number of piperidine rings is 1. The van der Waals surface area contributed by atoms with Crippen LogP contribution in [0.1, 0.15) is 35.7 Å². The fraction of sp³-hybridized carbons (Fsp3) is 0.480. The van der Waals surface area contributed by atoms with E-state index in [0.29, 0.717) is 42.0 Å². The van der Waals surface area contributed by atoms with E-state index in [1.54, 1.807) is 44.6 Å². The molecule has 0 saturated carbocycles. The third-order valence-electron chi connectivity index (χ3n) is 5.89. The normalized spacial score (nSPS) is 15.8. The monoisotopic (exact) mass is 442 g/mol. The second-order valence-electron chi connectivity index (χ2n) is 8.18. The van der Waals surface area contributed by atoms with Crippen molar-refractivity contribution >= 4 is 5.91 Å². The van der Waals surface area contributed by atoms with Gasteiger partial charge in [-0.3, -0.25) is 4.79 Å². The number of aromatic hydroxyl groups is 1. The average Bonchev–Trinajstić information content (AvgIpc) is 2.81. The highest BCUT2D eigenvalue weighted by molar-refractivity contribution is 5.97. The van der Waals surface area contributed by atoms with Crippen molar-refractivity contribution in [1.29, 1.82) is 0 Å². The van der Waals surface area contributed by atoms with E-state index in [-0.39, 0.29) is 12.0 Å². The number of hydrogen-bond donors (Lipinski definition) is 2. The van der Waals surface area contributed by atoms with Crippen LogP contribution in [-0.4, -0.2) is 68.5 Å². The van der Waals surface area contributed by atoms with Gasteiger partial charge in [-0.25, -0.2) is 0 Å². The fourth-order valence-electron chi connectivity index (χ4n) is 3.99. The maximum absolute atomic E-state index is 12.6. The van der Waals surface area contributed by atoms with Crippen molar-refractivity contribution in [1.82, 2.24) is 10.2 Å². The van der Waals surface area contributed by atoms with Crippen molar-refractivity contribution in [3.05, 3.63) is 53.6 Å². The van der Waals surface area contributed by atoms with Gasteiger partial charge < -0.3 is 29.5 Å². The molecule has 7 nitrogen and oxygen atoms in total.